The van der Waals surface area contributed by atoms with Crippen LogP contribution in [0.1, 0.15) is 20.8 Å². The third kappa shape index (κ3) is 4.35. The Bertz CT molecular complexity index is 539. The van der Waals surface area contributed by atoms with Gasteiger partial charge in [-0.3, -0.25) is 4.79 Å². The molecule has 8 nitrogen and oxygen atoms in total. The van der Waals surface area contributed by atoms with Crippen LogP contribution in [0.3, 0.4) is 0 Å². The third-order valence-corrected chi connectivity index (χ3v) is 3.48. The smallest absolute Gasteiger partial charge is 0.336 e. The molecule has 0 atom stereocenters. The SMILES string of the molecule is CCOCCOC(=O)C1C(C(=O)OC)=C(C)NC(C)=C1C(=O)OC. The summed E-state index contributed by atoms with van der Waals surface area (Å²) in [7, 11) is 2.40. The van der Waals surface area contributed by atoms with E-state index < -0.39 is 23.8 Å². The molecule has 0 amide bonds. The molecule has 24 heavy (non-hydrogen) atoms. The highest BCUT2D eigenvalue weighted by atomic mass is 16.6. The molecule has 0 aromatic heterocycles. The van der Waals surface area contributed by atoms with Crippen molar-refractivity contribution in [3.63, 3.8) is 0 Å². The minimum Gasteiger partial charge on any atom is -0.466 e. The zero-order chi connectivity index (χ0) is 18.3. The first kappa shape index (κ1) is 19.7. The average Bonchev–Trinajstić information content (AvgIpc) is 2.56. The predicted octanol–water partition coefficient (Wildman–Crippen LogP) is 0.679. The standard InChI is InChI=1S/C16H23NO7/c1-6-23-7-8-24-16(20)13-11(14(18)21-4)9(2)17-10(3)12(13)15(19)22-5/h13,17H,6-8H2,1-5H3. The summed E-state index contributed by atoms with van der Waals surface area (Å²) in [6, 6.07) is 0. The molecule has 1 N–H and O–H groups in total. The van der Waals surface area contributed by atoms with E-state index in [4.69, 9.17) is 18.9 Å². The average molecular weight is 341 g/mol. The fraction of sp³-hybridized carbons (Fsp3) is 0.562. The summed E-state index contributed by atoms with van der Waals surface area (Å²) in [5, 5.41) is 2.90. The van der Waals surface area contributed by atoms with Crippen molar-refractivity contribution in [3.05, 3.63) is 22.5 Å². The van der Waals surface area contributed by atoms with Gasteiger partial charge in [0, 0.05) is 18.0 Å². The molecule has 0 bridgehead atoms. The lowest BCUT2D eigenvalue weighted by Gasteiger charge is -2.28. The van der Waals surface area contributed by atoms with E-state index in [1.54, 1.807) is 13.8 Å². The molecule has 0 radical (unpaired) electrons. The van der Waals surface area contributed by atoms with Crippen LogP contribution in [0.2, 0.25) is 0 Å². The maximum Gasteiger partial charge on any atom is 0.336 e. The van der Waals surface area contributed by atoms with Gasteiger partial charge < -0.3 is 24.3 Å². The molecular formula is C16H23NO7. The quantitative estimate of drug-likeness (QED) is 0.410. The fourth-order valence-electron chi connectivity index (χ4n) is 2.42. The molecule has 0 aliphatic carbocycles. The summed E-state index contributed by atoms with van der Waals surface area (Å²) in [6.45, 7) is 5.77. The molecule has 8 heteroatoms. The van der Waals surface area contributed by atoms with E-state index in [1.165, 1.54) is 14.2 Å². The normalized spacial score (nSPS) is 15.0. The lowest BCUT2D eigenvalue weighted by atomic mass is 9.85. The van der Waals surface area contributed by atoms with Gasteiger partial charge >= 0.3 is 17.9 Å². The van der Waals surface area contributed by atoms with Crippen molar-refractivity contribution in [3.8, 4) is 0 Å². The molecule has 0 aromatic carbocycles. The Labute approximate surface area is 140 Å². The topological polar surface area (TPSA) is 100 Å². The summed E-state index contributed by atoms with van der Waals surface area (Å²) in [5.74, 6) is -3.40. The second-order valence-corrected chi connectivity index (χ2v) is 4.98. The number of ether oxygens (including phenoxy) is 4. The minimum absolute atomic E-state index is 0.0115. The van der Waals surface area contributed by atoms with Crippen molar-refractivity contribution in [1.29, 1.82) is 0 Å². The van der Waals surface area contributed by atoms with Crippen molar-refractivity contribution >= 4 is 17.9 Å². The van der Waals surface area contributed by atoms with Gasteiger partial charge in [0.15, 0.2) is 0 Å². The molecule has 134 valence electrons. The van der Waals surface area contributed by atoms with E-state index in [1.807, 2.05) is 6.92 Å². The van der Waals surface area contributed by atoms with E-state index in [2.05, 4.69) is 5.32 Å². The second kappa shape index (κ2) is 9.07. The highest BCUT2D eigenvalue weighted by Gasteiger charge is 2.42. The molecule has 1 aliphatic heterocycles. The summed E-state index contributed by atoms with van der Waals surface area (Å²) in [4.78, 5) is 36.7. The van der Waals surface area contributed by atoms with Crippen molar-refractivity contribution in [2.45, 2.75) is 20.8 Å². The van der Waals surface area contributed by atoms with E-state index >= 15 is 0 Å². The van der Waals surface area contributed by atoms with Crippen LogP contribution in [0.15, 0.2) is 22.5 Å². The van der Waals surface area contributed by atoms with Crippen LogP contribution >= 0.6 is 0 Å². The fourth-order valence-corrected chi connectivity index (χ4v) is 2.42. The highest BCUT2D eigenvalue weighted by molar-refractivity contribution is 6.05. The zero-order valence-corrected chi connectivity index (χ0v) is 14.6. The number of dihydropyridines is 1. The van der Waals surface area contributed by atoms with Crippen LogP contribution in [0.4, 0.5) is 0 Å². The molecule has 1 rings (SSSR count). The Kier molecular flexibility index (Phi) is 7.44. The first-order chi connectivity index (χ1) is 11.4. The Hall–Kier alpha value is -2.35. The molecule has 1 heterocycles. The van der Waals surface area contributed by atoms with E-state index in [9.17, 15) is 14.4 Å². The molecule has 0 aromatic rings. The van der Waals surface area contributed by atoms with Crippen LogP contribution in [-0.4, -0.2) is 51.9 Å². The number of hydrogen-bond donors (Lipinski definition) is 1. The lowest BCUT2D eigenvalue weighted by molar-refractivity contribution is -0.152. The number of methoxy groups -OCH3 is 2. The number of nitrogens with one attached hydrogen (secondary N) is 1. The monoisotopic (exact) mass is 341 g/mol. The number of allylic oxidation sites excluding steroid dienone is 2. The number of carbonyl (C=O) groups is 3. The minimum atomic E-state index is -1.22. The van der Waals surface area contributed by atoms with Gasteiger partial charge in [0.05, 0.1) is 32.0 Å². The van der Waals surface area contributed by atoms with E-state index in [-0.39, 0.29) is 24.4 Å². The zero-order valence-electron chi connectivity index (χ0n) is 14.6. The summed E-state index contributed by atoms with van der Waals surface area (Å²) in [6.07, 6.45) is 0. The lowest BCUT2D eigenvalue weighted by Crippen LogP contribution is -2.38. The van der Waals surface area contributed by atoms with E-state index in [0.717, 1.165) is 0 Å². The van der Waals surface area contributed by atoms with Crippen molar-refractivity contribution in [1.82, 2.24) is 5.32 Å². The van der Waals surface area contributed by atoms with Gasteiger partial charge in [0.1, 0.15) is 12.5 Å². The number of carbonyl (C=O) groups excluding carboxylic acids is 3. The Morgan fingerprint density at radius 1 is 0.958 bits per heavy atom. The van der Waals surface area contributed by atoms with Crippen LogP contribution in [-0.2, 0) is 33.3 Å². The number of hydrogen-bond acceptors (Lipinski definition) is 8. The summed E-state index contributed by atoms with van der Waals surface area (Å²) >= 11 is 0. The van der Waals surface area contributed by atoms with Crippen LogP contribution < -0.4 is 5.32 Å². The molecule has 0 unspecified atom stereocenters. The molecule has 1 aliphatic rings. The van der Waals surface area contributed by atoms with Crippen LogP contribution in [0.5, 0.6) is 0 Å². The summed E-state index contributed by atoms with van der Waals surface area (Å²) < 4.78 is 19.7. The van der Waals surface area contributed by atoms with Gasteiger partial charge in [-0.05, 0) is 20.8 Å². The van der Waals surface area contributed by atoms with Crippen LogP contribution in [0, 0.1) is 5.92 Å². The molecule has 0 saturated heterocycles. The van der Waals surface area contributed by atoms with Crippen molar-refractivity contribution in [2.24, 2.45) is 5.92 Å². The molecule has 0 saturated carbocycles. The van der Waals surface area contributed by atoms with Crippen molar-refractivity contribution < 1.29 is 33.3 Å². The number of rotatable bonds is 7. The largest absolute Gasteiger partial charge is 0.466 e. The first-order valence-corrected chi connectivity index (χ1v) is 7.48. The second-order valence-electron chi connectivity index (χ2n) is 4.98. The van der Waals surface area contributed by atoms with Gasteiger partial charge in [0.2, 0.25) is 0 Å². The Morgan fingerprint density at radius 3 is 1.88 bits per heavy atom. The highest BCUT2D eigenvalue weighted by Crippen LogP contribution is 2.32. The van der Waals surface area contributed by atoms with Gasteiger partial charge in [-0.1, -0.05) is 0 Å². The first-order valence-electron chi connectivity index (χ1n) is 7.48. The van der Waals surface area contributed by atoms with Gasteiger partial charge in [-0.2, -0.15) is 0 Å². The maximum atomic E-state index is 12.5. The van der Waals surface area contributed by atoms with Crippen LogP contribution in [0.25, 0.3) is 0 Å². The molecule has 0 fully saturated rings. The van der Waals surface area contributed by atoms with Gasteiger partial charge in [-0.25, -0.2) is 9.59 Å². The molecule has 0 spiro atoms. The summed E-state index contributed by atoms with van der Waals surface area (Å²) in [5.41, 5.74) is 0.868. The van der Waals surface area contributed by atoms with Crippen molar-refractivity contribution in [2.75, 3.05) is 34.0 Å². The Morgan fingerprint density at radius 2 is 1.46 bits per heavy atom. The predicted molar refractivity (Wildman–Crippen MR) is 83.5 cm³/mol. The molecular weight excluding hydrogens is 318 g/mol. The van der Waals surface area contributed by atoms with Gasteiger partial charge in [-0.15, -0.1) is 0 Å². The third-order valence-electron chi connectivity index (χ3n) is 3.48. The maximum absolute atomic E-state index is 12.5. The van der Waals surface area contributed by atoms with E-state index in [0.29, 0.717) is 18.0 Å². The Balaban J connectivity index is 3.19. The number of esters is 3. The van der Waals surface area contributed by atoms with Gasteiger partial charge in [0.25, 0.3) is 0 Å².